The number of nitrogens with zero attached hydrogens (tertiary/aromatic N) is 2. The van der Waals surface area contributed by atoms with Crippen molar-refractivity contribution in [2.45, 2.75) is 71.8 Å². The Morgan fingerprint density at radius 3 is 1.02 bits per heavy atom. The molecule has 0 fully saturated rings. The van der Waals surface area contributed by atoms with Gasteiger partial charge in [0.2, 0.25) is 0 Å². The van der Waals surface area contributed by atoms with Crippen LogP contribution in [-0.4, -0.2) is 75.7 Å². The third-order valence-electron chi connectivity index (χ3n) is 5.25. The van der Waals surface area contributed by atoms with Gasteiger partial charge in [-0.1, -0.05) is 0 Å². The van der Waals surface area contributed by atoms with E-state index in [-0.39, 0.29) is 0 Å². The molecule has 3 nitrogen and oxygen atoms in total. The standard InChI is InChI=1S/C16HF27N2O/c17-5(18,8(23,24)11(29,30)14(35,36)37)2-1-3(6(19,20)9(25,26)12(31,32)15(38,39)40)45(44-2)4(46)7(21,22)10(27,28)13(33,34)16(41,42)43/h1H. The molecule has 0 bridgehead atoms. The molecule has 0 radical (unpaired) electrons. The number of hydrogen-bond acceptors (Lipinski definition) is 2. The SMILES string of the molecule is O=C(n1nc(C(F)(F)C(F)(F)C(F)(F)C(F)(F)F)cc1C(F)(F)C(F)(F)C(F)(F)C(F)(F)F)C(F)(F)C(F)(F)C(F)(F)C(F)(F)F. The fraction of sp³-hybridized carbons (Fsp3) is 0.750. The van der Waals surface area contributed by atoms with E-state index in [2.05, 4.69) is 0 Å². The van der Waals surface area contributed by atoms with Gasteiger partial charge in [0.15, 0.2) is 0 Å². The third kappa shape index (κ3) is 5.23. The van der Waals surface area contributed by atoms with Crippen molar-refractivity contribution in [3.8, 4) is 0 Å². The molecule has 0 atom stereocenters. The first kappa shape index (κ1) is 41.0. The van der Waals surface area contributed by atoms with Crippen molar-refractivity contribution in [1.82, 2.24) is 9.78 Å². The predicted octanol–water partition coefficient (Wildman–Crippen LogP) is 8.84. The molecule has 0 spiro atoms. The minimum atomic E-state index is -8.50. The van der Waals surface area contributed by atoms with Gasteiger partial charge in [-0.15, -0.1) is 0 Å². The van der Waals surface area contributed by atoms with Crippen LogP contribution >= 0.6 is 0 Å². The summed E-state index contributed by atoms with van der Waals surface area (Å²) < 4.78 is 353. The van der Waals surface area contributed by atoms with Crippen LogP contribution in [0.15, 0.2) is 6.07 Å². The van der Waals surface area contributed by atoms with Gasteiger partial charge in [-0.2, -0.15) is 128 Å². The van der Waals surface area contributed by atoms with Crippen molar-refractivity contribution in [2.75, 3.05) is 0 Å². The summed E-state index contributed by atoms with van der Waals surface area (Å²) in [6, 6.07) is -2.53. The molecule has 0 saturated carbocycles. The number of aromatic nitrogens is 2. The monoisotopic (exact) mass is 750 g/mol. The van der Waals surface area contributed by atoms with Crippen LogP contribution in [0.5, 0.6) is 0 Å². The van der Waals surface area contributed by atoms with E-state index < -0.39 is 99.9 Å². The van der Waals surface area contributed by atoms with Crippen LogP contribution in [0.4, 0.5) is 119 Å². The topological polar surface area (TPSA) is 34.9 Å². The van der Waals surface area contributed by atoms with Crippen molar-refractivity contribution >= 4 is 5.91 Å². The summed E-state index contributed by atoms with van der Waals surface area (Å²) in [7, 11) is 0. The van der Waals surface area contributed by atoms with Gasteiger partial charge in [-0.25, -0.2) is 0 Å². The van der Waals surface area contributed by atoms with Crippen molar-refractivity contribution in [3.05, 3.63) is 17.5 Å². The Hall–Kier alpha value is -3.01. The second-order valence-corrected chi connectivity index (χ2v) is 8.29. The average molecular weight is 750 g/mol. The van der Waals surface area contributed by atoms with Gasteiger partial charge in [0.25, 0.3) is 0 Å². The molecule has 0 aliphatic heterocycles. The molecule has 1 aromatic rings. The minimum absolute atomic E-state index is 0.849. The molecule has 0 saturated heterocycles. The van der Waals surface area contributed by atoms with Crippen molar-refractivity contribution in [2.24, 2.45) is 0 Å². The van der Waals surface area contributed by atoms with Crippen LogP contribution < -0.4 is 0 Å². The van der Waals surface area contributed by atoms with Gasteiger partial charge in [-0.05, 0) is 6.07 Å². The number of hydrogen-bond donors (Lipinski definition) is 0. The fourth-order valence-electron chi connectivity index (χ4n) is 2.63. The zero-order valence-corrected chi connectivity index (χ0v) is 19.6. The van der Waals surface area contributed by atoms with E-state index in [0.717, 1.165) is 5.10 Å². The van der Waals surface area contributed by atoms with Crippen molar-refractivity contribution < 1.29 is 123 Å². The van der Waals surface area contributed by atoms with E-state index in [0.29, 0.717) is 0 Å². The van der Waals surface area contributed by atoms with Gasteiger partial charge in [0.1, 0.15) is 11.4 Å². The van der Waals surface area contributed by atoms with Crippen LogP contribution in [0, 0.1) is 0 Å². The zero-order chi connectivity index (χ0) is 37.7. The summed E-state index contributed by atoms with van der Waals surface area (Å²) in [5.41, 5.74) is -9.12. The van der Waals surface area contributed by atoms with Gasteiger partial charge in [-0.3, -0.25) is 4.79 Å². The van der Waals surface area contributed by atoms with Gasteiger partial charge in [0.05, 0.1) is 0 Å². The van der Waals surface area contributed by atoms with Crippen molar-refractivity contribution in [3.63, 3.8) is 0 Å². The smallest absolute Gasteiger partial charge is 0.265 e. The lowest BCUT2D eigenvalue weighted by molar-refractivity contribution is -0.400. The summed E-state index contributed by atoms with van der Waals surface area (Å²) >= 11 is 0. The highest BCUT2D eigenvalue weighted by molar-refractivity contribution is 5.87. The van der Waals surface area contributed by atoms with E-state index in [1.54, 1.807) is 0 Å². The molecular formula is C16HF27N2O. The highest BCUT2D eigenvalue weighted by Crippen LogP contribution is 2.60. The molecule has 1 rings (SSSR count). The molecule has 0 unspecified atom stereocenters. The lowest BCUT2D eigenvalue weighted by Crippen LogP contribution is -2.65. The molecule has 0 aliphatic carbocycles. The first-order chi connectivity index (χ1) is 19.5. The molecule has 0 aromatic carbocycles. The van der Waals surface area contributed by atoms with Crippen LogP contribution in [0.1, 0.15) is 16.2 Å². The van der Waals surface area contributed by atoms with Crippen LogP contribution in [0.25, 0.3) is 0 Å². The highest BCUT2D eigenvalue weighted by Gasteiger charge is 2.87. The van der Waals surface area contributed by atoms with E-state index in [1.165, 1.54) is 0 Å². The Morgan fingerprint density at radius 1 is 0.435 bits per heavy atom. The predicted molar refractivity (Wildman–Crippen MR) is 83.4 cm³/mol. The lowest BCUT2D eigenvalue weighted by Gasteiger charge is -2.34. The summed E-state index contributed by atoms with van der Waals surface area (Å²) in [5.74, 6) is -79.8. The molecule has 30 heteroatoms. The number of carbonyl (C=O) groups excluding carboxylic acids is 1. The first-order valence-corrected chi connectivity index (χ1v) is 9.75. The Kier molecular flexibility index (Phi) is 9.13. The van der Waals surface area contributed by atoms with Crippen LogP contribution in [0.3, 0.4) is 0 Å². The molecule has 46 heavy (non-hydrogen) atoms. The van der Waals surface area contributed by atoms with Crippen LogP contribution in [-0.2, 0) is 11.8 Å². The molecule has 0 amide bonds. The van der Waals surface area contributed by atoms with E-state index >= 15 is 0 Å². The Morgan fingerprint density at radius 2 is 0.717 bits per heavy atom. The molecule has 270 valence electrons. The molecule has 1 heterocycles. The number of halogens is 27. The van der Waals surface area contributed by atoms with E-state index in [1.807, 2.05) is 0 Å². The average Bonchev–Trinajstić information content (AvgIpc) is 3.27. The van der Waals surface area contributed by atoms with Gasteiger partial charge < -0.3 is 0 Å². The van der Waals surface area contributed by atoms with Gasteiger partial charge in [0, 0.05) is 0 Å². The maximum atomic E-state index is 14.3. The number of rotatable bonds is 9. The Balaban J connectivity index is 4.37. The number of carbonyl (C=O) groups is 1. The zero-order valence-electron chi connectivity index (χ0n) is 19.6. The van der Waals surface area contributed by atoms with Crippen LogP contribution in [0.2, 0.25) is 0 Å². The van der Waals surface area contributed by atoms with Crippen molar-refractivity contribution in [1.29, 1.82) is 0 Å². The van der Waals surface area contributed by atoms with E-state index in [9.17, 15) is 123 Å². The van der Waals surface area contributed by atoms with Gasteiger partial charge >= 0.3 is 77.7 Å². The summed E-state index contributed by atoms with van der Waals surface area (Å²) in [5, 5.41) is 0.849. The fourth-order valence-corrected chi connectivity index (χ4v) is 2.63. The Bertz CT molecular complexity index is 1310. The molecule has 0 N–H and O–H groups in total. The molecule has 1 aromatic heterocycles. The molecule has 0 aliphatic rings. The number of alkyl halides is 27. The Labute approximate surface area is 229 Å². The summed E-state index contributed by atoms with van der Waals surface area (Å²) in [4.78, 5) is 11.7. The quantitative estimate of drug-likeness (QED) is 0.237. The first-order valence-electron chi connectivity index (χ1n) is 9.75. The summed E-state index contributed by atoms with van der Waals surface area (Å²) in [6.07, 6.45) is -23.9. The third-order valence-corrected chi connectivity index (χ3v) is 5.25. The van der Waals surface area contributed by atoms with E-state index in [4.69, 9.17) is 0 Å². The largest absolute Gasteiger partial charge is 0.460 e. The maximum absolute atomic E-state index is 14.3. The maximum Gasteiger partial charge on any atom is 0.460 e. The second kappa shape index (κ2) is 10.2. The lowest BCUT2D eigenvalue weighted by atomic mass is 9.97. The minimum Gasteiger partial charge on any atom is -0.265 e. The molecular weight excluding hydrogens is 749 g/mol. The second-order valence-electron chi connectivity index (χ2n) is 8.29. The highest BCUT2D eigenvalue weighted by atomic mass is 19.4. The normalized spacial score (nSPS) is 16.2. The summed E-state index contributed by atoms with van der Waals surface area (Å²) in [6.45, 7) is 0.